The fourth-order valence-electron chi connectivity index (χ4n) is 7.54. The Morgan fingerprint density at radius 2 is 1.71 bits per heavy atom. The highest BCUT2D eigenvalue weighted by molar-refractivity contribution is 5.27. The van der Waals surface area contributed by atoms with Gasteiger partial charge in [0, 0.05) is 0 Å². The van der Waals surface area contributed by atoms with E-state index in [2.05, 4.69) is 27.4 Å². The molecule has 35 heavy (non-hydrogen) atoms. The summed E-state index contributed by atoms with van der Waals surface area (Å²) in [5.41, 5.74) is 1.44. The summed E-state index contributed by atoms with van der Waals surface area (Å²) in [7, 11) is 0. The zero-order valence-corrected chi connectivity index (χ0v) is 23.4. The van der Waals surface area contributed by atoms with Gasteiger partial charge in [0.25, 0.3) is 0 Å². The van der Waals surface area contributed by atoms with Crippen molar-refractivity contribution in [3.63, 3.8) is 0 Å². The second-order valence-corrected chi connectivity index (χ2v) is 13.4. The van der Waals surface area contributed by atoms with Crippen molar-refractivity contribution >= 4 is 0 Å². The molecule has 2 aliphatic carbocycles. The van der Waals surface area contributed by atoms with E-state index < -0.39 is 29.5 Å². The van der Waals surface area contributed by atoms with Crippen LogP contribution in [0.1, 0.15) is 113 Å². The van der Waals surface area contributed by atoms with E-state index in [0.29, 0.717) is 19.3 Å². The number of hydrogen-bond acceptors (Lipinski definition) is 5. The summed E-state index contributed by atoms with van der Waals surface area (Å²) in [6, 6.07) is 0. The van der Waals surface area contributed by atoms with Gasteiger partial charge in [-0.25, -0.2) is 0 Å². The largest absolute Gasteiger partial charge is 0.390 e. The fourth-order valence-corrected chi connectivity index (χ4v) is 7.54. The van der Waals surface area contributed by atoms with Crippen LogP contribution in [0.4, 0.5) is 0 Å². The molecule has 0 spiro atoms. The molecule has 2 fully saturated rings. The summed E-state index contributed by atoms with van der Waals surface area (Å²) in [5, 5.41) is 43.5. The van der Waals surface area contributed by atoms with E-state index in [1.807, 2.05) is 27.7 Å². The van der Waals surface area contributed by atoms with E-state index in [0.717, 1.165) is 56.1 Å². The molecule has 5 heteroatoms. The molecule has 5 nitrogen and oxygen atoms in total. The minimum atomic E-state index is -0.803. The van der Waals surface area contributed by atoms with Gasteiger partial charge >= 0.3 is 0 Å². The standard InChI is InChI=1S/C30H52O5/c1-19(2)22(31)11-15-28(6)16-12-23(32)20(3)21(28)9-10-24-29(7)17-13-25(33)27(4,5)35-26(29)14-18-30(24,8)34/h22-26,31-34H,1,9-18H2,2-8H3/t22?,23?,24-,25-,26?,28?,29-,30+/m1/s1. The van der Waals surface area contributed by atoms with Crippen LogP contribution in [0, 0.1) is 16.7 Å². The van der Waals surface area contributed by atoms with Crippen molar-refractivity contribution in [1.29, 1.82) is 0 Å². The predicted octanol–water partition coefficient (Wildman–Crippen LogP) is 5.45. The Labute approximate surface area is 213 Å². The minimum Gasteiger partial charge on any atom is -0.390 e. The monoisotopic (exact) mass is 492 g/mol. The van der Waals surface area contributed by atoms with Crippen LogP contribution in [-0.4, -0.2) is 56.0 Å². The SMILES string of the molecule is C=C(C)C(O)CCC1(C)CCC(O)C(C)=C1CC[C@H]1[C@@](C)(O)CCC2OC(C)(C)[C@H](O)CC[C@@]21C. The third kappa shape index (κ3) is 5.75. The molecule has 0 aromatic rings. The summed E-state index contributed by atoms with van der Waals surface area (Å²) < 4.78 is 6.55. The highest BCUT2D eigenvalue weighted by Gasteiger charge is 2.56. The maximum absolute atomic E-state index is 11.6. The second kappa shape index (κ2) is 10.2. The van der Waals surface area contributed by atoms with E-state index in [9.17, 15) is 20.4 Å². The van der Waals surface area contributed by atoms with Crippen molar-refractivity contribution < 1.29 is 25.2 Å². The van der Waals surface area contributed by atoms with Gasteiger partial charge in [0.2, 0.25) is 0 Å². The average Bonchev–Trinajstić information content (AvgIpc) is 2.85. The number of fused-ring (bicyclic) bond motifs is 1. The smallest absolute Gasteiger partial charge is 0.0888 e. The van der Waals surface area contributed by atoms with Crippen LogP contribution in [-0.2, 0) is 4.74 Å². The van der Waals surface area contributed by atoms with E-state index in [-0.39, 0.29) is 22.9 Å². The summed E-state index contributed by atoms with van der Waals surface area (Å²) in [6.07, 6.45) is 6.34. The average molecular weight is 493 g/mol. The molecule has 4 N–H and O–H groups in total. The minimum absolute atomic E-state index is 0.00370. The molecule has 202 valence electrons. The fraction of sp³-hybridized carbons (Fsp3) is 0.867. The third-order valence-electron chi connectivity index (χ3n) is 10.3. The quantitative estimate of drug-likeness (QED) is 0.355. The molecule has 1 aliphatic heterocycles. The molecule has 0 aromatic carbocycles. The highest BCUT2D eigenvalue weighted by atomic mass is 16.5. The lowest BCUT2D eigenvalue weighted by atomic mass is 9.55. The van der Waals surface area contributed by atoms with Crippen LogP contribution in [0.15, 0.2) is 23.3 Å². The summed E-state index contributed by atoms with van der Waals surface area (Å²) in [4.78, 5) is 0. The number of aliphatic hydroxyl groups excluding tert-OH is 3. The van der Waals surface area contributed by atoms with Gasteiger partial charge < -0.3 is 25.2 Å². The molecule has 1 saturated carbocycles. The van der Waals surface area contributed by atoms with E-state index >= 15 is 0 Å². The van der Waals surface area contributed by atoms with E-state index in [1.54, 1.807) is 0 Å². The van der Waals surface area contributed by atoms with Crippen molar-refractivity contribution in [2.75, 3.05) is 0 Å². The maximum Gasteiger partial charge on any atom is 0.0888 e. The summed E-state index contributed by atoms with van der Waals surface area (Å²) >= 11 is 0. The van der Waals surface area contributed by atoms with Gasteiger partial charge in [0.05, 0.1) is 35.6 Å². The number of ether oxygens (including phenoxy) is 1. The first-order chi connectivity index (χ1) is 16.0. The highest BCUT2D eigenvalue weighted by Crippen LogP contribution is 2.56. The Balaban J connectivity index is 1.87. The zero-order chi connectivity index (χ0) is 26.4. The van der Waals surface area contributed by atoms with Gasteiger partial charge in [-0.3, -0.25) is 0 Å². The second-order valence-electron chi connectivity index (χ2n) is 13.4. The number of allylic oxidation sites excluding steroid dienone is 1. The number of hydrogen-bond donors (Lipinski definition) is 4. The van der Waals surface area contributed by atoms with Crippen LogP contribution in [0.5, 0.6) is 0 Å². The Morgan fingerprint density at radius 1 is 1.06 bits per heavy atom. The van der Waals surface area contributed by atoms with E-state index in [1.165, 1.54) is 5.57 Å². The normalized spacial score (nSPS) is 42.8. The van der Waals surface area contributed by atoms with Crippen molar-refractivity contribution in [3.8, 4) is 0 Å². The third-order valence-corrected chi connectivity index (χ3v) is 10.3. The lowest BCUT2D eigenvalue weighted by Gasteiger charge is -2.54. The molecule has 4 unspecified atom stereocenters. The Bertz CT molecular complexity index is 814. The first kappa shape index (κ1) is 28.8. The molecule has 0 aromatic heterocycles. The Kier molecular flexibility index (Phi) is 8.41. The van der Waals surface area contributed by atoms with Gasteiger partial charge in [-0.2, -0.15) is 0 Å². The van der Waals surface area contributed by atoms with Crippen LogP contribution >= 0.6 is 0 Å². The summed E-state index contributed by atoms with van der Waals surface area (Å²) in [5.74, 6) is 0.0273. The van der Waals surface area contributed by atoms with Crippen LogP contribution in [0.25, 0.3) is 0 Å². The van der Waals surface area contributed by atoms with Gasteiger partial charge in [-0.1, -0.05) is 31.6 Å². The molecule has 1 saturated heterocycles. The topological polar surface area (TPSA) is 90.2 Å². The molecular formula is C30H52O5. The van der Waals surface area contributed by atoms with Crippen molar-refractivity contribution in [1.82, 2.24) is 0 Å². The first-order valence-corrected chi connectivity index (χ1v) is 13.8. The summed E-state index contributed by atoms with van der Waals surface area (Å²) in [6.45, 7) is 18.3. The van der Waals surface area contributed by atoms with Crippen LogP contribution < -0.4 is 0 Å². The number of aliphatic hydroxyl groups is 4. The van der Waals surface area contributed by atoms with E-state index in [4.69, 9.17) is 4.74 Å². The molecule has 8 atom stereocenters. The van der Waals surface area contributed by atoms with Crippen molar-refractivity contribution in [3.05, 3.63) is 23.3 Å². The lowest BCUT2D eigenvalue weighted by molar-refractivity contribution is -0.205. The Morgan fingerprint density at radius 3 is 2.34 bits per heavy atom. The molecule has 3 rings (SSSR count). The van der Waals surface area contributed by atoms with Gasteiger partial charge in [-0.15, -0.1) is 0 Å². The van der Waals surface area contributed by atoms with Gasteiger partial charge in [0.15, 0.2) is 0 Å². The van der Waals surface area contributed by atoms with Gasteiger partial charge in [-0.05, 0) is 121 Å². The molecule has 1 heterocycles. The predicted molar refractivity (Wildman–Crippen MR) is 141 cm³/mol. The van der Waals surface area contributed by atoms with Crippen LogP contribution in [0.3, 0.4) is 0 Å². The molecule has 0 radical (unpaired) electrons. The molecular weight excluding hydrogens is 440 g/mol. The zero-order valence-electron chi connectivity index (χ0n) is 23.4. The maximum atomic E-state index is 11.6. The first-order valence-electron chi connectivity index (χ1n) is 13.8. The Hall–Kier alpha value is -0.720. The van der Waals surface area contributed by atoms with Crippen LogP contribution in [0.2, 0.25) is 0 Å². The molecule has 0 bridgehead atoms. The van der Waals surface area contributed by atoms with Crippen molar-refractivity contribution in [2.24, 2.45) is 16.7 Å². The lowest BCUT2D eigenvalue weighted by Crippen LogP contribution is -2.56. The number of rotatable bonds is 7. The van der Waals surface area contributed by atoms with Gasteiger partial charge in [0.1, 0.15) is 0 Å². The molecule has 0 amide bonds. The van der Waals surface area contributed by atoms with Crippen molar-refractivity contribution in [2.45, 2.75) is 148 Å². The molecule has 3 aliphatic rings.